The van der Waals surface area contributed by atoms with Crippen LogP contribution in [0.25, 0.3) is 0 Å². The lowest BCUT2D eigenvalue weighted by Crippen LogP contribution is -2.51. The number of anilines is 1. The summed E-state index contributed by atoms with van der Waals surface area (Å²) in [7, 11) is 0. The van der Waals surface area contributed by atoms with E-state index in [9.17, 15) is 8.78 Å². The predicted octanol–water partition coefficient (Wildman–Crippen LogP) is 2.15. The molecule has 0 bridgehead atoms. The molecule has 2 nitrogen and oxygen atoms in total. The molecular weight excluding hydrogens is 210 g/mol. The van der Waals surface area contributed by atoms with Gasteiger partial charge in [0.05, 0.1) is 0 Å². The average molecular weight is 226 g/mol. The van der Waals surface area contributed by atoms with Gasteiger partial charge in [0.25, 0.3) is 0 Å². The maximum atomic E-state index is 13.1. The second-order valence-corrected chi connectivity index (χ2v) is 4.09. The summed E-state index contributed by atoms with van der Waals surface area (Å²) in [6.45, 7) is 4.60. The Balaban J connectivity index is 2.26. The Morgan fingerprint density at radius 1 is 1.31 bits per heavy atom. The minimum absolute atomic E-state index is 0.315. The highest BCUT2D eigenvalue weighted by Gasteiger charge is 2.21. The summed E-state index contributed by atoms with van der Waals surface area (Å²) in [5.41, 5.74) is 0.644. The van der Waals surface area contributed by atoms with Crippen molar-refractivity contribution < 1.29 is 8.78 Å². The molecule has 88 valence electrons. The average Bonchev–Trinajstić information content (AvgIpc) is 2.27. The van der Waals surface area contributed by atoms with E-state index >= 15 is 0 Å². The van der Waals surface area contributed by atoms with Gasteiger partial charge in [-0.15, -0.1) is 0 Å². The standard InChI is InChI=1S/C12H16F2N2/c1-2-11-8-15-3-4-16(11)12-6-9(13)5-10(14)7-12/h5-7,11,15H,2-4,8H2,1H3. The third-order valence-electron chi connectivity index (χ3n) is 3.00. The van der Waals surface area contributed by atoms with Gasteiger partial charge in [0, 0.05) is 37.4 Å². The van der Waals surface area contributed by atoms with E-state index in [1.807, 2.05) is 0 Å². The minimum atomic E-state index is -0.511. The Bertz CT molecular complexity index is 348. The Labute approximate surface area is 94.3 Å². The summed E-state index contributed by atoms with van der Waals surface area (Å²) in [6.07, 6.45) is 0.963. The zero-order chi connectivity index (χ0) is 11.5. The van der Waals surface area contributed by atoms with Crippen LogP contribution in [0, 0.1) is 11.6 Å². The zero-order valence-electron chi connectivity index (χ0n) is 9.34. The number of hydrogen-bond donors (Lipinski definition) is 1. The van der Waals surface area contributed by atoms with E-state index in [4.69, 9.17) is 0 Å². The van der Waals surface area contributed by atoms with Crippen LogP contribution >= 0.6 is 0 Å². The molecule has 1 aliphatic rings. The zero-order valence-corrected chi connectivity index (χ0v) is 9.34. The SMILES string of the molecule is CCC1CNCCN1c1cc(F)cc(F)c1. The fourth-order valence-corrected chi connectivity index (χ4v) is 2.17. The van der Waals surface area contributed by atoms with Crippen molar-refractivity contribution in [3.63, 3.8) is 0 Å². The van der Waals surface area contributed by atoms with Gasteiger partial charge < -0.3 is 10.2 Å². The van der Waals surface area contributed by atoms with Gasteiger partial charge in [-0.1, -0.05) is 6.92 Å². The quantitative estimate of drug-likeness (QED) is 0.831. The van der Waals surface area contributed by atoms with E-state index in [0.717, 1.165) is 32.1 Å². The van der Waals surface area contributed by atoms with Crippen LogP contribution in [0.3, 0.4) is 0 Å². The van der Waals surface area contributed by atoms with Crippen molar-refractivity contribution in [2.24, 2.45) is 0 Å². The second kappa shape index (κ2) is 4.78. The van der Waals surface area contributed by atoms with Crippen molar-refractivity contribution >= 4 is 5.69 Å². The molecule has 0 spiro atoms. The molecule has 16 heavy (non-hydrogen) atoms. The number of rotatable bonds is 2. The largest absolute Gasteiger partial charge is 0.366 e. The molecule has 0 aliphatic carbocycles. The molecule has 2 rings (SSSR count). The Hall–Kier alpha value is -1.16. The van der Waals surface area contributed by atoms with E-state index in [2.05, 4.69) is 17.1 Å². The molecule has 1 heterocycles. The molecule has 1 atom stereocenters. The van der Waals surface area contributed by atoms with Crippen LogP contribution in [0.5, 0.6) is 0 Å². The van der Waals surface area contributed by atoms with Gasteiger partial charge in [0.15, 0.2) is 0 Å². The molecule has 1 unspecified atom stereocenters. The number of nitrogens with one attached hydrogen (secondary N) is 1. The number of hydrogen-bond acceptors (Lipinski definition) is 2. The molecule has 1 N–H and O–H groups in total. The van der Waals surface area contributed by atoms with E-state index in [1.165, 1.54) is 12.1 Å². The molecule has 0 radical (unpaired) electrons. The first-order valence-corrected chi connectivity index (χ1v) is 5.64. The fourth-order valence-electron chi connectivity index (χ4n) is 2.17. The van der Waals surface area contributed by atoms with Crippen LogP contribution in [0.1, 0.15) is 13.3 Å². The molecule has 1 saturated heterocycles. The normalized spacial score (nSPS) is 21.2. The first kappa shape index (κ1) is 11.3. The van der Waals surface area contributed by atoms with Gasteiger partial charge in [-0.25, -0.2) is 8.78 Å². The molecule has 1 fully saturated rings. The van der Waals surface area contributed by atoms with E-state index in [-0.39, 0.29) is 0 Å². The highest BCUT2D eigenvalue weighted by Crippen LogP contribution is 2.22. The predicted molar refractivity (Wildman–Crippen MR) is 60.7 cm³/mol. The molecule has 0 saturated carbocycles. The minimum Gasteiger partial charge on any atom is -0.366 e. The fraction of sp³-hybridized carbons (Fsp3) is 0.500. The number of nitrogens with zero attached hydrogens (tertiary/aromatic N) is 1. The Kier molecular flexibility index (Phi) is 3.39. The molecule has 1 aromatic carbocycles. The van der Waals surface area contributed by atoms with E-state index in [1.54, 1.807) is 0 Å². The summed E-state index contributed by atoms with van der Waals surface area (Å²) in [6, 6.07) is 4.02. The van der Waals surface area contributed by atoms with Crippen LogP contribution in [-0.2, 0) is 0 Å². The van der Waals surface area contributed by atoms with Crippen molar-refractivity contribution in [1.29, 1.82) is 0 Å². The third kappa shape index (κ3) is 2.32. The van der Waals surface area contributed by atoms with Crippen molar-refractivity contribution in [2.75, 3.05) is 24.5 Å². The maximum absolute atomic E-state index is 13.1. The lowest BCUT2D eigenvalue weighted by atomic mass is 10.1. The van der Waals surface area contributed by atoms with Gasteiger partial charge in [0.2, 0.25) is 0 Å². The second-order valence-electron chi connectivity index (χ2n) is 4.09. The summed E-state index contributed by atoms with van der Waals surface area (Å²) in [5.74, 6) is -1.02. The molecule has 4 heteroatoms. The van der Waals surface area contributed by atoms with E-state index < -0.39 is 11.6 Å². The van der Waals surface area contributed by atoms with Crippen LogP contribution in [0.4, 0.5) is 14.5 Å². The number of halogens is 2. The van der Waals surface area contributed by atoms with Gasteiger partial charge in [-0.2, -0.15) is 0 Å². The van der Waals surface area contributed by atoms with Crippen molar-refractivity contribution in [2.45, 2.75) is 19.4 Å². The van der Waals surface area contributed by atoms with Crippen LogP contribution < -0.4 is 10.2 Å². The Morgan fingerprint density at radius 3 is 2.62 bits per heavy atom. The van der Waals surface area contributed by atoms with E-state index in [0.29, 0.717) is 11.7 Å². The summed E-state index contributed by atoms with van der Waals surface area (Å²) in [5, 5.41) is 3.29. The van der Waals surface area contributed by atoms with Crippen LogP contribution in [0.2, 0.25) is 0 Å². The monoisotopic (exact) mass is 226 g/mol. The highest BCUT2D eigenvalue weighted by atomic mass is 19.1. The third-order valence-corrected chi connectivity index (χ3v) is 3.00. The van der Waals surface area contributed by atoms with Crippen molar-refractivity contribution in [3.8, 4) is 0 Å². The number of benzene rings is 1. The highest BCUT2D eigenvalue weighted by molar-refractivity contribution is 5.48. The first-order valence-electron chi connectivity index (χ1n) is 5.64. The lowest BCUT2D eigenvalue weighted by Gasteiger charge is -2.37. The summed E-state index contributed by atoms with van der Waals surface area (Å²) in [4.78, 5) is 2.07. The topological polar surface area (TPSA) is 15.3 Å². The van der Waals surface area contributed by atoms with Gasteiger partial charge in [-0.3, -0.25) is 0 Å². The Morgan fingerprint density at radius 2 is 2.00 bits per heavy atom. The van der Waals surface area contributed by atoms with Gasteiger partial charge in [0.1, 0.15) is 11.6 Å². The molecule has 1 aliphatic heterocycles. The van der Waals surface area contributed by atoms with Crippen molar-refractivity contribution in [1.82, 2.24) is 5.32 Å². The molecular formula is C12H16F2N2. The first-order chi connectivity index (χ1) is 7.70. The van der Waals surface area contributed by atoms with Crippen LogP contribution in [-0.4, -0.2) is 25.7 Å². The van der Waals surface area contributed by atoms with Gasteiger partial charge in [-0.05, 0) is 18.6 Å². The summed E-state index contributed by atoms with van der Waals surface area (Å²) < 4.78 is 26.3. The van der Waals surface area contributed by atoms with Gasteiger partial charge >= 0.3 is 0 Å². The molecule has 0 amide bonds. The molecule has 1 aromatic rings. The maximum Gasteiger partial charge on any atom is 0.128 e. The lowest BCUT2D eigenvalue weighted by molar-refractivity contribution is 0.464. The number of piperazine rings is 1. The van der Waals surface area contributed by atoms with Crippen LogP contribution in [0.15, 0.2) is 18.2 Å². The summed E-state index contributed by atoms with van der Waals surface area (Å²) >= 11 is 0. The molecule has 0 aromatic heterocycles. The van der Waals surface area contributed by atoms with Crippen molar-refractivity contribution in [3.05, 3.63) is 29.8 Å². The smallest absolute Gasteiger partial charge is 0.128 e.